The van der Waals surface area contributed by atoms with Crippen LogP contribution in [0.15, 0.2) is 42.6 Å². The molecule has 4 heteroatoms. The fraction of sp³-hybridized carbons (Fsp3) is 0.250. The first kappa shape index (κ1) is 13.9. The first-order valence-electron chi connectivity index (χ1n) is 6.50. The van der Waals surface area contributed by atoms with E-state index >= 15 is 0 Å². The van der Waals surface area contributed by atoms with Gasteiger partial charge in [0, 0.05) is 20.1 Å². The summed E-state index contributed by atoms with van der Waals surface area (Å²) in [5.41, 5.74) is 2.73. The molecule has 0 radical (unpaired) electrons. The van der Waals surface area contributed by atoms with Gasteiger partial charge in [0.1, 0.15) is 5.82 Å². The van der Waals surface area contributed by atoms with E-state index in [0.717, 1.165) is 17.1 Å². The number of nitrogens with one attached hydrogen (secondary N) is 1. The number of rotatable bonds is 4. The van der Waals surface area contributed by atoms with Gasteiger partial charge in [0.2, 0.25) is 0 Å². The number of aromatic nitrogens is 1. The van der Waals surface area contributed by atoms with E-state index in [2.05, 4.69) is 23.3 Å². The van der Waals surface area contributed by atoms with Crippen LogP contribution in [0.25, 0.3) is 0 Å². The van der Waals surface area contributed by atoms with Crippen molar-refractivity contribution in [3.8, 4) is 6.07 Å². The molecule has 102 valence electrons. The molecular weight excluding hydrogens is 248 g/mol. The van der Waals surface area contributed by atoms with E-state index in [-0.39, 0.29) is 6.04 Å². The van der Waals surface area contributed by atoms with Gasteiger partial charge in [-0.2, -0.15) is 5.26 Å². The van der Waals surface area contributed by atoms with E-state index < -0.39 is 0 Å². The van der Waals surface area contributed by atoms with Crippen LogP contribution in [0, 0.1) is 11.3 Å². The van der Waals surface area contributed by atoms with Crippen molar-refractivity contribution in [3.05, 3.63) is 53.7 Å². The van der Waals surface area contributed by atoms with Gasteiger partial charge in [-0.05, 0) is 36.8 Å². The Morgan fingerprint density at radius 2 is 2.05 bits per heavy atom. The Labute approximate surface area is 119 Å². The second-order valence-electron chi connectivity index (χ2n) is 4.90. The van der Waals surface area contributed by atoms with Crippen LogP contribution in [0.2, 0.25) is 0 Å². The number of benzene rings is 1. The number of hydrogen-bond acceptors (Lipinski definition) is 4. The Morgan fingerprint density at radius 1 is 1.25 bits per heavy atom. The molecule has 0 spiro atoms. The van der Waals surface area contributed by atoms with Crippen LogP contribution >= 0.6 is 0 Å². The summed E-state index contributed by atoms with van der Waals surface area (Å²) in [6, 6.07) is 13.9. The molecule has 2 rings (SSSR count). The minimum atomic E-state index is 0.121. The lowest BCUT2D eigenvalue weighted by Crippen LogP contribution is -2.11. The molecule has 0 bridgehead atoms. The van der Waals surface area contributed by atoms with E-state index in [9.17, 15) is 0 Å². The third kappa shape index (κ3) is 3.27. The number of nitriles is 1. The summed E-state index contributed by atoms with van der Waals surface area (Å²) < 4.78 is 0. The van der Waals surface area contributed by atoms with Gasteiger partial charge in [-0.1, -0.05) is 12.1 Å². The lowest BCUT2D eigenvalue weighted by atomic mass is 10.1. The van der Waals surface area contributed by atoms with Gasteiger partial charge in [-0.25, -0.2) is 4.98 Å². The van der Waals surface area contributed by atoms with E-state index in [1.54, 1.807) is 0 Å². The lowest BCUT2D eigenvalue weighted by molar-refractivity contribution is 0.881. The van der Waals surface area contributed by atoms with Crippen LogP contribution in [0.4, 0.5) is 11.5 Å². The van der Waals surface area contributed by atoms with Crippen LogP contribution in [0.1, 0.15) is 24.1 Å². The highest BCUT2D eigenvalue weighted by molar-refractivity contribution is 5.49. The van der Waals surface area contributed by atoms with Crippen LogP contribution in [-0.4, -0.2) is 19.1 Å². The normalized spacial score (nSPS) is 11.5. The van der Waals surface area contributed by atoms with Gasteiger partial charge >= 0.3 is 0 Å². The fourth-order valence-corrected chi connectivity index (χ4v) is 1.95. The standard InChI is InChI=1S/C16H18N4/c1-12(14-6-4-5-13(9-14)10-17)19-15-7-8-16(18-11-15)20(2)3/h4-9,11-12,19H,1-3H3. The molecule has 0 amide bonds. The lowest BCUT2D eigenvalue weighted by Gasteiger charge is -2.17. The molecular formula is C16H18N4. The molecule has 0 aliphatic rings. The highest BCUT2D eigenvalue weighted by Gasteiger charge is 2.06. The maximum absolute atomic E-state index is 8.93. The minimum absolute atomic E-state index is 0.121. The zero-order valence-electron chi connectivity index (χ0n) is 12.0. The molecule has 1 aromatic heterocycles. The molecule has 0 aliphatic carbocycles. The molecule has 2 aromatic rings. The Bertz CT molecular complexity index is 611. The Morgan fingerprint density at radius 3 is 2.65 bits per heavy atom. The molecule has 0 saturated carbocycles. The molecule has 1 heterocycles. The van der Waals surface area contributed by atoms with Crippen molar-refractivity contribution in [2.45, 2.75) is 13.0 Å². The largest absolute Gasteiger partial charge is 0.377 e. The van der Waals surface area contributed by atoms with Crippen molar-refractivity contribution in [1.82, 2.24) is 4.98 Å². The summed E-state index contributed by atoms with van der Waals surface area (Å²) in [4.78, 5) is 6.33. The van der Waals surface area contributed by atoms with Crippen molar-refractivity contribution in [2.24, 2.45) is 0 Å². The van der Waals surface area contributed by atoms with Crippen molar-refractivity contribution >= 4 is 11.5 Å². The quantitative estimate of drug-likeness (QED) is 0.923. The molecule has 0 aliphatic heterocycles. The molecule has 20 heavy (non-hydrogen) atoms. The Hall–Kier alpha value is -2.54. The second-order valence-corrected chi connectivity index (χ2v) is 4.90. The summed E-state index contributed by atoms with van der Waals surface area (Å²) >= 11 is 0. The van der Waals surface area contributed by atoms with Gasteiger partial charge in [0.05, 0.1) is 23.5 Å². The van der Waals surface area contributed by atoms with E-state index in [1.165, 1.54) is 0 Å². The third-order valence-electron chi connectivity index (χ3n) is 3.10. The average Bonchev–Trinajstić information content (AvgIpc) is 2.47. The van der Waals surface area contributed by atoms with Crippen LogP contribution in [0.3, 0.4) is 0 Å². The molecule has 1 atom stereocenters. The van der Waals surface area contributed by atoms with E-state index in [0.29, 0.717) is 5.56 Å². The summed E-state index contributed by atoms with van der Waals surface area (Å²) in [6.07, 6.45) is 1.82. The van der Waals surface area contributed by atoms with E-state index in [1.807, 2.05) is 61.6 Å². The first-order valence-corrected chi connectivity index (χ1v) is 6.50. The maximum Gasteiger partial charge on any atom is 0.128 e. The summed E-state index contributed by atoms with van der Waals surface area (Å²) in [5.74, 6) is 0.926. The van der Waals surface area contributed by atoms with E-state index in [4.69, 9.17) is 5.26 Å². The first-order chi connectivity index (χ1) is 9.60. The Balaban J connectivity index is 2.11. The number of pyridine rings is 1. The monoisotopic (exact) mass is 266 g/mol. The predicted octanol–water partition coefficient (Wildman–Crippen LogP) is 3.19. The number of nitrogens with zero attached hydrogens (tertiary/aromatic N) is 3. The highest BCUT2D eigenvalue weighted by Crippen LogP contribution is 2.20. The van der Waals surface area contributed by atoms with Crippen molar-refractivity contribution < 1.29 is 0 Å². The fourth-order valence-electron chi connectivity index (χ4n) is 1.95. The second kappa shape index (κ2) is 6.07. The molecule has 0 fully saturated rings. The third-order valence-corrected chi connectivity index (χ3v) is 3.10. The van der Waals surface area contributed by atoms with Gasteiger partial charge in [-0.15, -0.1) is 0 Å². The zero-order chi connectivity index (χ0) is 14.5. The SMILES string of the molecule is CC(Nc1ccc(N(C)C)nc1)c1cccc(C#N)c1. The molecule has 1 unspecified atom stereocenters. The number of hydrogen-bond donors (Lipinski definition) is 1. The molecule has 1 aromatic carbocycles. The predicted molar refractivity (Wildman–Crippen MR) is 81.8 cm³/mol. The minimum Gasteiger partial charge on any atom is -0.377 e. The maximum atomic E-state index is 8.93. The smallest absolute Gasteiger partial charge is 0.128 e. The van der Waals surface area contributed by atoms with Gasteiger partial charge < -0.3 is 10.2 Å². The molecule has 0 saturated heterocycles. The Kier molecular flexibility index (Phi) is 4.21. The van der Waals surface area contributed by atoms with Gasteiger partial charge in [0.25, 0.3) is 0 Å². The van der Waals surface area contributed by atoms with Crippen LogP contribution < -0.4 is 10.2 Å². The molecule has 1 N–H and O–H groups in total. The van der Waals surface area contributed by atoms with Crippen LogP contribution in [-0.2, 0) is 0 Å². The topological polar surface area (TPSA) is 52.0 Å². The number of anilines is 2. The van der Waals surface area contributed by atoms with Gasteiger partial charge in [0.15, 0.2) is 0 Å². The molecule has 4 nitrogen and oxygen atoms in total. The average molecular weight is 266 g/mol. The van der Waals surface area contributed by atoms with Crippen molar-refractivity contribution in [2.75, 3.05) is 24.3 Å². The summed E-state index contributed by atoms with van der Waals surface area (Å²) in [5, 5.41) is 12.3. The summed E-state index contributed by atoms with van der Waals surface area (Å²) in [7, 11) is 3.93. The van der Waals surface area contributed by atoms with Crippen LogP contribution in [0.5, 0.6) is 0 Å². The zero-order valence-corrected chi connectivity index (χ0v) is 12.0. The summed E-state index contributed by atoms with van der Waals surface area (Å²) in [6.45, 7) is 2.07. The van der Waals surface area contributed by atoms with Gasteiger partial charge in [-0.3, -0.25) is 0 Å². The highest BCUT2D eigenvalue weighted by atomic mass is 15.1. The van der Waals surface area contributed by atoms with Crippen molar-refractivity contribution in [1.29, 1.82) is 5.26 Å². The van der Waals surface area contributed by atoms with Crippen molar-refractivity contribution in [3.63, 3.8) is 0 Å².